The Balaban J connectivity index is 1.23. The number of ketones is 1. The first-order valence-electron chi connectivity index (χ1n) is 16.2. The predicted molar refractivity (Wildman–Crippen MR) is 182 cm³/mol. The molecule has 1 aromatic heterocycles. The number of hydrogen-bond donors (Lipinski definition) is 3. The van der Waals surface area contributed by atoms with Crippen LogP contribution in [0.5, 0.6) is 0 Å². The Hall–Kier alpha value is -4.93. The molecule has 246 valence electrons. The highest BCUT2D eigenvalue weighted by Crippen LogP contribution is 2.32. The summed E-state index contributed by atoms with van der Waals surface area (Å²) in [4.78, 5) is 47.8. The lowest BCUT2D eigenvalue weighted by Crippen LogP contribution is -2.37. The summed E-state index contributed by atoms with van der Waals surface area (Å²) < 4.78 is 5.35. The summed E-state index contributed by atoms with van der Waals surface area (Å²) in [6.07, 6.45) is 4.92. The van der Waals surface area contributed by atoms with E-state index in [1.807, 2.05) is 81.4 Å². The van der Waals surface area contributed by atoms with E-state index in [0.717, 1.165) is 47.9 Å². The summed E-state index contributed by atoms with van der Waals surface area (Å²) in [6.45, 7) is 6.35. The van der Waals surface area contributed by atoms with Crippen molar-refractivity contribution in [2.24, 2.45) is 33.0 Å². The van der Waals surface area contributed by atoms with Crippen LogP contribution in [0, 0.1) is 17.8 Å². The molecule has 1 atom stereocenters. The summed E-state index contributed by atoms with van der Waals surface area (Å²) in [7, 11) is 0. The summed E-state index contributed by atoms with van der Waals surface area (Å²) >= 11 is 0. The van der Waals surface area contributed by atoms with Crippen LogP contribution in [0.1, 0.15) is 64.0 Å². The van der Waals surface area contributed by atoms with Crippen LogP contribution in [0.3, 0.4) is 0 Å². The minimum absolute atomic E-state index is 0.100. The fraction of sp³-hybridized carbons (Fsp3) is 0.417. The molecule has 3 aromatic rings. The van der Waals surface area contributed by atoms with Gasteiger partial charge in [-0.1, -0.05) is 24.3 Å². The quantitative estimate of drug-likeness (QED) is 0.215. The van der Waals surface area contributed by atoms with E-state index in [4.69, 9.17) is 10.5 Å². The molecule has 47 heavy (non-hydrogen) atoms. The molecule has 0 unspecified atom stereocenters. The van der Waals surface area contributed by atoms with Crippen molar-refractivity contribution in [1.29, 1.82) is 0 Å². The number of aromatic nitrogens is 1. The largest absolute Gasteiger partial charge is 0.444 e. The van der Waals surface area contributed by atoms with Crippen molar-refractivity contribution in [2.45, 2.75) is 64.9 Å². The number of ether oxygens (including phenoxy) is 1. The number of rotatable bonds is 11. The zero-order valence-electron chi connectivity index (χ0n) is 27.2. The van der Waals surface area contributed by atoms with E-state index in [-0.39, 0.29) is 29.9 Å². The number of nitrogens with zero attached hydrogens (tertiary/aromatic N) is 4. The molecule has 11 heteroatoms. The van der Waals surface area contributed by atoms with Gasteiger partial charge in [0.25, 0.3) is 0 Å². The second-order valence-electron chi connectivity index (χ2n) is 13.2. The van der Waals surface area contributed by atoms with Gasteiger partial charge in [-0.2, -0.15) is 5.11 Å². The number of Topliss-reactive ketones (excluding diaryl/α,β-unsaturated/α-hetero) is 1. The number of nitrogen functional groups attached to an aromatic ring is 1. The molecule has 0 radical (unpaired) electrons. The summed E-state index contributed by atoms with van der Waals surface area (Å²) in [6, 6.07) is 18.9. The Kier molecular flexibility index (Phi) is 10.7. The average Bonchev–Trinajstić information content (AvgIpc) is 3.59. The maximum atomic E-state index is 13.7. The van der Waals surface area contributed by atoms with Gasteiger partial charge in [0.1, 0.15) is 17.2 Å². The van der Waals surface area contributed by atoms with Gasteiger partial charge in [-0.05, 0) is 106 Å². The average molecular weight is 638 g/mol. The third-order valence-electron chi connectivity index (χ3n) is 8.50. The van der Waals surface area contributed by atoms with Gasteiger partial charge in [0.2, 0.25) is 5.91 Å². The third-order valence-corrected chi connectivity index (χ3v) is 8.50. The Morgan fingerprint density at radius 1 is 0.957 bits per heavy atom. The van der Waals surface area contributed by atoms with Gasteiger partial charge in [0.05, 0.1) is 0 Å². The van der Waals surface area contributed by atoms with Crippen LogP contribution in [0.2, 0.25) is 0 Å². The zero-order chi connectivity index (χ0) is 33.4. The number of amides is 2. The molecule has 0 spiro atoms. The minimum atomic E-state index is -0.559. The molecule has 1 fully saturated rings. The highest BCUT2D eigenvalue weighted by Gasteiger charge is 2.31. The zero-order valence-corrected chi connectivity index (χ0v) is 27.2. The van der Waals surface area contributed by atoms with Crippen molar-refractivity contribution in [3.63, 3.8) is 0 Å². The molecular formula is C36H43N7O4. The number of benzene rings is 2. The molecule has 4 N–H and O–H groups in total. The number of pyridine rings is 1. The number of azo groups is 1. The number of aliphatic imine (C=N–C) groups is 1. The second-order valence-corrected chi connectivity index (χ2v) is 13.2. The maximum Gasteiger partial charge on any atom is 0.407 e. The number of nitrogens with one attached hydrogen (secondary N) is 2. The van der Waals surface area contributed by atoms with Gasteiger partial charge in [-0.25, -0.2) is 14.8 Å². The summed E-state index contributed by atoms with van der Waals surface area (Å²) in [5.74, 6) is 0.530. The first-order valence-corrected chi connectivity index (χ1v) is 16.2. The van der Waals surface area contributed by atoms with Crippen LogP contribution in [0.4, 0.5) is 16.3 Å². The number of nitrogens with two attached hydrogens (primary N) is 1. The number of alkyl carbamates (subject to hydrolysis) is 1. The number of hydrogen-bond acceptors (Lipinski definition) is 9. The molecule has 2 aliphatic rings. The van der Waals surface area contributed by atoms with Gasteiger partial charge in [0.15, 0.2) is 12.5 Å². The van der Waals surface area contributed by atoms with E-state index in [0.29, 0.717) is 37.0 Å². The van der Waals surface area contributed by atoms with Crippen LogP contribution in [0.15, 0.2) is 82.1 Å². The fourth-order valence-corrected chi connectivity index (χ4v) is 5.99. The van der Waals surface area contributed by atoms with Crippen LogP contribution in [-0.2, 0) is 20.7 Å². The number of carbonyl (C=O) groups is 3. The highest BCUT2D eigenvalue weighted by atomic mass is 16.6. The number of anilines is 2. The van der Waals surface area contributed by atoms with E-state index in [9.17, 15) is 14.4 Å². The van der Waals surface area contributed by atoms with E-state index in [2.05, 4.69) is 30.8 Å². The molecule has 2 heterocycles. The minimum Gasteiger partial charge on any atom is -0.444 e. The third kappa shape index (κ3) is 9.54. The lowest BCUT2D eigenvalue weighted by atomic mass is 9.77. The SMILES string of the molecule is CC(C)(C)OC(=O)NCC1CCC(C(=O)C[C@@H](Cc2ccc(-c3cccnc3N)cc2)C(=O)Nc2ccc(C3=NCN=N3)cc2)CC1. The molecule has 1 saturated carbocycles. The van der Waals surface area contributed by atoms with Crippen LogP contribution < -0.4 is 16.4 Å². The van der Waals surface area contributed by atoms with Crippen molar-refractivity contribution in [3.8, 4) is 11.1 Å². The Morgan fingerprint density at radius 2 is 1.66 bits per heavy atom. The smallest absolute Gasteiger partial charge is 0.407 e. The summed E-state index contributed by atoms with van der Waals surface area (Å²) in [5, 5.41) is 13.8. The van der Waals surface area contributed by atoms with Crippen molar-refractivity contribution >= 4 is 35.1 Å². The molecule has 0 bridgehead atoms. The molecule has 11 nitrogen and oxygen atoms in total. The predicted octanol–water partition coefficient (Wildman–Crippen LogP) is 6.59. The first-order chi connectivity index (χ1) is 22.5. The molecule has 5 rings (SSSR count). The molecule has 2 amide bonds. The fourth-order valence-electron chi connectivity index (χ4n) is 5.99. The van der Waals surface area contributed by atoms with Crippen LogP contribution in [-0.4, -0.2) is 47.4 Å². The lowest BCUT2D eigenvalue weighted by Gasteiger charge is -2.29. The molecule has 0 saturated heterocycles. The highest BCUT2D eigenvalue weighted by molar-refractivity contribution is 6.01. The topological polar surface area (TPSA) is 160 Å². The Labute approximate surface area is 275 Å². The van der Waals surface area contributed by atoms with Gasteiger partial charge in [-0.3, -0.25) is 9.59 Å². The number of amidine groups is 1. The summed E-state index contributed by atoms with van der Waals surface area (Å²) in [5.41, 5.74) is 9.70. The van der Waals surface area contributed by atoms with Gasteiger partial charge in [0, 0.05) is 47.8 Å². The molecule has 1 aliphatic heterocycles. The monoisotopic (exact) mass is 637 g/mol. The van der Waals surface area contributed by atoms with Crippen molar-refractivity contribution in [1.82, 2.24) is 10.3 Å². The first kappa shape index (κ1) is 33.4. The Morgan fingerprint density at radius 3 is 2.30 bits per heavy atom. The van der Waals surface area contributed by atoms with E-state index < -0.39 is 17.6 Å². The van der Waals surface area contributed by atoms with E-state index in [1.165, 1.54) is 0 Å². The molecular weight excluding hydrogens is 594 g/mol. The number of carbonyl (C=O) groups excluding carboxylic acids is 3. The van der Waals surface area contributed by atoms with Crippen molar-refractivity contribution < 1.29 is 19.1 Å². The lowest BCUT2D eigenvalue weighted by molar-refractivity contribution is -0.129. The van der Waals surface area contributed by atoms with E-state index >= 15 is 0 Å². The van der Waals surface area contributed by atoms with Gasteiger partial charge < -0.3 is 21.1 Å². The Bertz CT molecular complexity index is 1620. The second kappa shape index (κ2) is 15.1. The van der Waals surface area contributed by atoms with Crippen LogP contribution in [0.25, 0.3) is 11.1 Å². The van der Waals surface area contributed by atoms with Crippen molar-refractivity contribution in [3.05, 3.63) is 78.0 Å². The van der Waals surface area contributed by atoms with Crippen LogP contribution >= 0.6 is 0 Å². The normalized spacial score (nSPS) is 18.2. The van der Waals surface area contributed by atoms with E-state index in [1.54, 1.807) is 6.20 Å². The molecule has 1 aliphatic carbocycles. The standard InChI is InChI=1S/C36H43N7O4/c1-36(2,3)47-35(46)39-21-24-8-12-26(13-9-24)31(44)20-28(19-23-6-10-25(11-7-23)30-5-4-18-38-32(30)37)34(45)42-29-16-14-27(15-17-29)33-40-22-41-43-33/h4-7,10-11,14-18,24,26,28H,8-9,12-13,19-22H2,1-3H3,(H2,37,38)(H,39,46)(H,42,45)/t24?,26?,28-/m1/s1. The van der Waals surface area contributed by atoms with Crippen molar-refractivity contribution in [2.75, 3.05) is 24.3 Å². The van der Waals surface area contributed by atoms with Gasteiger partial charge in [-0.15, -0.1) is 5.11 Å². The molecule has 2 aromatic carbocycles. The van der Waals surface area contributed by atoms with Gasteiger partial charge >= 0.3 is 6.09 Å². The maximum absolute atomic E-state index is 13.7.